The zero-order valence-electron chi connectivity index (χ0n) is 17.3. The van der Waals surface area contributed by atoms with Gasteiger partial charge in [-0.05, 0) is 55.4 Å². The Labute approximate surface area is 184 Å². The predicted molar refractivity (Wildman–Crippen MR) is 122 cm³/mol. The predicted octanol–water partition coefficient (Wildman–Crippen LogP) is 4.09. The Balaban J connectivity index is 1.56. The zero-order valence-corrected chi connectivity index (χ0v) is 19.0. The SMILES string of the molecule is CCc1ccc2nc(NC(=O)C(CCSC)N3C(=O)C4CCCCC4C3=O)sc2c1. The molecule has 0 bridgehead atoms. The standard InChI is InChI=1S/C22H27N3O3S2/c1-3-13-8-9-16-18(12-13)30-22(23-16)24-19(26)17(10-11-29-2)25-20(27)14-6-4-5-7-15(14)21(25)28/h8-9,12,14-15,17H,3-7,10-11H2,1-2H3,(H,23,24,26). The van der Waals surface area contributed by atoms with E-state index in [1.165, 1.54) is 21.8 Å². The van der Waals surface area contributed by atoms with Crippen LogP contribution < -0.4 is 5.32 Å². The number of rotatable bonds is 7. The number of thioether (sulfide) groups is 1. The van der Waals surface area contributed by atoms with Crippen LogP contribution in [0.5, 0.6) is 0 Å². The van der Waals surface area contributed by atoms with Gasteiger partial charge in [-0.1, -0.05) is 37.2 Å². The van der Waals surface area contributed by atoms with Gasteiger partial charge in [-0.15, -0.1) is 0 Å². The van der Waals surface area contributed by atoms with Gasteiger partial charge in [0.1, 0.15) is 6.04 Å². The second-order valence-electron chi connectivity index (χ2n) is 8.01. The number of likely N-dealkylation sites (tertiary alicyclic amines) is 1. The number of anilines is 1. The van der Waals surface area contributed by atoms with E-state index < -0.39 is 6.04 Å². The molecule has 1 N–H and O–H groups in total. The molecule has 3 amide bonds. The van der Waals surface area contributed by atoms with Crippen molar-refractivity contribution in [3.05, 3.63) is 23.8 Å². The fourth-order valence-electron chi connectivity index (χ4n) is 4.53. The van der Waals surface area contributed by atoms with E-state index in [1.807, 2.05) is 18.4 Å². The molecule has 0 spiro atoms. The van der Waals surface area contributed by atoms with Crippen molar-refractivity contribution in [1.82, 2.24) is 9.88 Å². The molecule has 3 unspecified atom stereocenters. The van der Waals surface area contributed by atoms with Gasteiger partial charge in [-0.3, -0.25) is 19.3 Å². The highest BCUT2D eigenvalue weighted by molar-refractivity contribution is 7.98. The van der Waals surface area contributed by atoms with Crippen molar-refractivity contribution in [2.45, 2.75) is 51.5 Å². The van der Waals surface area contributed by atoms with Crippen LogP contribution >= 0.6 is 23.1 Å². The van der Waals surface area contributed by atoms with Crippen LogP contribution in [0.4, 0.5) is 5.13 Å². The Morgan fingerprint density at radius 1 is 1.27 bits per heavy atom. The van der Waals surface area contributed by atoms with E-state index in [1.54, 1.807) is 11.8 Å². The first-order valence-corrected chi connectivity index (χ1v) is 12.8. The third-order valence-corrected chi connectivity index (χ3v) is 7.75. The maximum absolute atomic E-state index is 13.2. The van der Waals surface area contributed by atoms with Gasteiger partial charge >= 0.3 is 0 Å². The van der Waals surface area contributed by atoms with Crippen LogP contribution in [0, 0.1) is 11.8 Å². The Hall–Kier alpha value is -1.93. The maximum atomic E-state index is 13.2. The summed E-state index contributed by atoms with van der Waals surface area (Å²) in [6, 6.07) is 5.31. The first-order valence-electron chi connectivity index (χ1n) is 10.6. The van der Waals surface area contributed by atoms with Crippen molar-refractivity contribution in [2.24, 2.45) is 11.8 Å². The number of carbonyl (C=O) groups is 3. The highest BCUT2D eigenvalue weighted by Gasteiger charge is 2.51. The van der Waals surface area contributed by atoms with E-state index in [0.717, 1.165) is 42.3 Å². The summed E-state index contributed by atoms with van der Waals surface area (Å²) in [5.41, 5.74) is 2.06. The minimum atomic E-state index is -0.777. The van der Waals surface area contributed by atoms with Crippen LogP contribution in [0.25, 0.3) is 10.2 Å². The average molecular weight is 446 g/mol. The quantitative estimate of drug-likeness (QED) is 0.649. The van der Waals surface area contributed by atoms with Crippen LogP contribution in [-0.2, 0) is 20.8 Å². The number of benzene rings is 1. The molecule has 8 heteroatoms. The van der Waals surface area contributed by atoms with E-state index in [-0.39, 0.29) is 29.6 Å². The summed E-state index contributed by atoms with van der Waals surface area (Å²) < 4.78 is 1.02. The largest absolute Gasteiger partial charge is 0.300 e. The topological polar surface area (TPSA) is 79.4 Å². The summed E-state index contributed by atoms with van der Waals surface area (Å²) in [6.07, 6.45) is 6.80. The van der Waals surface area contributed by atoms with Gasteiger partial charge < -0.3 is 5.32 Å². The number of thiazole rings is 1. The molecule has 1 aromatic heterocycles. The smallest absolute Gasteiger partial charge is 0.249 e. The normalized spacial score (nSPS) is 22.4. The Kier molecular flexibility index (Phi) is 6.43. The molecule has 1 aromatic carbocycles. The first-order chi connectivity index (χ1) is 14.5. The average Bonchev–Trinajstić information content (AvgIpc) is 3.27. The number of hydrogen-bond donors (Lipinski definition) is 1. The highest BCUT2D eigenvalue weighted by Crippen LogP contribution is 2.39. The lowest BCUT2D eigenvalue weighted by Crippen LogP contribution is -2.48. The monoisotopic (exact) mass is 445 g/mol. The van der Waals surface area contributed by atoms with Crippen LogP contribution in [0.2, 0.25) is 0 Å². The number of nitrogens with one attached hydrogen (secondary N) is 1. The Bertz CT molecular complexity index is 950. The van der Waals surface area contributed by atoms with E-state index in [9.17, 15) is 14.4 Å². The van der Waals surface area contributed by atoms with Crippen LogP contribution in [0.15, 0.2) is 18.2 Å². The number of carbonyl (C=O) groups excluding carboxylic acids is 3. The van der Waals surface area contributed by atoms with E-state index in [2.05, 4.69) is 23.3 Å². The summed E-state index contributed by atoms with van der Waals surface area (Å²) in [6.45, 7) is 2.10. The fourth-order valence-corrected chi connectivity index (χ4v) is 5.92. The zero-order chi connectivity index (χ0) is 21.3. The lowest BCUT2D eigenvalue weighted by Gasteiger charge is -2.25. The van der Waals surface area contributed by atoms with Crippen molar-refractivity contribution in [2.75, 3.05) is 17.3 Å². The van der Waals surface area contributed by atoms with Crippen molar-refractivity contribution in [3.63, 3.8) is 0 Å². The molecular weight excluding hydrogens is 418 g/mol. The number of amides is 3. The molecule has 30 heavy (non-hydrogen) atoms. The molecule has 160 valence electrons. The lowest BCUT2D eigenvalue weighted by molar-refractivity contribution is -0.146. The third kappa shape index (κ3) is 3.99. The number of imide groups is 1. The summed E-state index contributed by atoms with van der Waals surface area (Å²) in [5, 5.41) is 3.40. The second kappa shape index (κ2) is 9.06. The van der Waals surface area contributed by atoms with E-state index >= 15 is 0 Å². The van der Waals surface area contributed by atoms with Crippen LogP contribution in [0.3, 0.4) is 0 Å². The summed E-state index contributed by atoms with van der Waals surface area (Å²) in [5.74, 6) is -0.439. The minimum absolute atomic E-state index is 0.164. The summed E-state index contributed by atoms with van der Waals surface area (Å²) in [7, 11) is 0. The second-order valence-corrected chi connectivity index (χ2v) is 10.0. The van der Waals surface area contributed by atoms with Crippen molar-refractivity contribution >= 4 is 56.2 Å². The number of aryl methyl sites for hydroxylation is 1. The molecule has 6 nitrogen and oxygen atoms in total. The molecule has 1 saturated heterocycles. The Morgan fingerprint density at radius 2 is 1.97 bits per heavy atom. The molecule has 0 radical (unpaired) electrons. The van der Waals surface area contributed by atoms with Gasteiger partial charge in [0.25, 0.3) is 0 Å². The van der Waals surface area contributed by atoms with Gasteiger partial charge in [0.2, 0.25) is 17.7 Å². The molecule has 2 aromatic rings. The van der Waals surface area contributed by atoms with Gasteiger partial charge in [0, 0.05) is 0 Å². The molecule has 3 atom stereocenters. The van der Waals surface area contributed by atoms with Gasteiger partial charge in [0.15, 0.2) is 5.13 Å². The number of nitrogens with zero attached hydrogens (tertiary/aromatic N) is 2. The number of aromatic nitrogens is 1. The van der Waals surface area contributed by atoms with Crippen molar-refractivity contribution in [1.29, 1.82) is 0 Å². The molecule has 4 rings (SSSR count). The third-order valence-electron chi connectivity index (χ3n) is 6.18. The van der Waals surface area contributed by atoms with E-state index in [4.69, 9.17) is 0 Å². The van der Waals surface area contributed by atoms with Crippen molar-refractivity contribution < 1.29 is 14.4 Å². The maximum Gasteiger partial charge on any atom is 0.249 e. The molecule has 1 aliphatic heterocycles. The van der Waals surface area contributed by atoms with Crippen LogP contribution in [0.1, 0.15) is 44.6 Å². The molecule has 2 fully saturated rings. The summed E-state index contributed by atoms with van der Waals surface area (Å²) in [4.78, 5) is 45.1. The fraction of sp³-hybridized carbons (Fsp3) is 0.545. The highest BCUT2D eigenvalue weighted by atomic mass is 32.2. The molecule has 2 heterocycles. The molecule has 1 aliphatic carbocycles. The molecule has 1 saturated carbocycles. The van der Waals surface area contributed by atoms with E-state index in [0.29, 0.717) is 17.3 Å². The van der Waals surface area contributed by atoms with Gasteiger partial charge in [0.05, 0.1) is 22.1 Å². The van der Waals surface area contributed by atoms with Gasteiger partial charge in [-0.25, -0.2) is 4.98 Å². The lowest BCUT2D eigenvalue weighted by atomic mass is 9.81. The van der Waals surface area contributed by atoms with Crippen molar-refractivity contribution in [3.8, 4) is 0 Å². The molecular formula is C22H27N3O3S2. The minimum Gasteiger partial charge on any atom is -0.300 e. The first kappa shape index (κ1) is 21.3. The van der Waals surface area contributed by atoms with Crippen LogP contribution in [-0.4, -0.2) is 45.7 Å². The summed E-state index contributed by atoms with van der Waals surface area (Å²) >= 11 is 3.03. The van der Waals surface area contributed by atoms with Gasteiger partial charge in [-0.2, -0.15) is 11.8 Å². The molecule has 2 aliphatic rings. The number of fused-ring (bicyclic) bond motifs is 2. The Morgan fingerprint density at radius 3 is 2.60 bits per heavy atom. The number of hydrogen-bond acceptors (Lipinski definition) is 6.